The summed E-state index contributed by atoms with van der Waals surface area (Å²) in [6.45, 7) is 0.671. The van der Waals surface area contributed by atoms with Gasteiger partial charge in [-0.3, -0.25) is 4.79 Å². The molecule has 0 saturated heterocycles. The van der Waals surface area contributed by atoms with Crippen LogP contribution in [-0.4, -0.2) is 43.2 Å². The minimum absolute atomic E-state index is 0.0592. The van der Waals surface area contributed by atoms with Crippen molar-refractivity contribution in [3.8, 4) is 11.8 Å². The highest BCUT2D eigenvalue weighted by Crippen LogP contribution is 2.23. The molecule has 2 rings (SSSR count). The summed E-state index contributed by atoms with van der Waals surface area (Å²) in [5, 5.41) is 0. The third-order valence-corrected chi connectivity index (χ3v) is 3.97. The van der Waals surface area contributed by atoms with Crippen LogP contribution in [0.3, 0.4) is 0 Å². The lowest BCUT2D eigenvalue weighted by Gasteiger charge is -2.29. The van der Waals surface area contributed by atoms with E-state index in [4.69, 9.17) is 10.5 Å². The molecule has 0 radical (unpaired) electrons. The molecule has 1 aromatic rings. The Bertz CT molecular complexity index is 527. The normalized spacial score (nSPS) is 15.9. The van der Waals surface area contributed by atoms with Crippen LogP contribution >= 0.6 is 0 Å². The van der Waals surface area contributed by atoms with Gasteiger partial charge in [-0.1, -0.05) is 42.9 Å². The van der Waals surface area contributed by atoms with E-state index in [1.807, 2.05) is 35.2 Å². The minimum atomic E-state index is -0.607. The number of carbonyl (C=O) groups excluding carboxylic acids is 1. The van der Waals surface area contributed by atoms with Gasteiger partial charge in [-0.05, 0) is 25.0 Å². The Kier molecular flexibility index (Phi) is 6.45. The summed E-state index contributed by atoms with van der Waals surface area (Å²) in [4.78, 5) is 14.4. The van der Waals surface area contributed by atoms with E-state index in [-0.39, 0.29) is 18.6 Å². The fourth-order valence-corrected chi connectivity index (χ4v) is 2.81. The number of benzene rings is 1. The number of methoxy groups -OCH3 is 1. The molecule has 1 amide bonds. The van der Waals surface area contributed by atoms with Crippen LogP contribution in [0.25, 0.3) is 0 Å². The van der Waals surface area contributed by atoms with Crippen molar-refractivity contribution in [1.29, 1.82) is 0 Å². The quantitative estimate of drug-likeness (QED) is 0.843. The lowest BCUT2D eigenvalue weighted by molar-refractivity contribution is -0.135. The van der Waals surface area contributed by atoms with E-state index in [1.54, 1.807) is 7.11 Å². The zero-order valence-electron chi connectivity index (χ0n) is 13.1. The van der Waals surface area contributed by atoms with E-state index >= 15 is 0 Å². The van der Waals surface area contributed by atoms with Crippen molar-refractivity contribution < 1.29 is 9.53 Å². The first-order chi connectivity index (χ1) is 10.7. The molecule has 0 heterocycles. The van der Waals surface area contributed by atoms with E-state index in [0.29, 0.717) is 6.54 Å². The summed E-state index contributed by atoms with van der Waals surface area (Å²) in [7, 11) is 1.56. The molecule has 0 aromatic heterocycles. The van der Waals surface area contributed by atoms with E-state index in [1.165, 1.54) is 12.8 Å². The monoisotopic (exact) mass is 300 g/mol. The number of hydrogen-bond acceptors (Lipinski definition) is 3. The first-order valence-corrected chi connectivity index (χ1v) is 7.81. The molecule has 1 aliphatic carbocycles. The van der Waals surface area contributed by atoms with Gasteiger partial charge in [-0.25, -0.2) is 0 Å². The second-order valence-electron chi connectivity index (χ2n) is 5.63. The van der Waals surface area contributed by atoms with E-state index in [0.717, 1.165) is 18.4 Å². The van der Waals surface area contributed by atoms with Crippen LogP contribution in [0.4, 0.5) is 0 Å². The van der Waals surface area contributed by atoms with Gasteiger partial charge in [0.15, 0.2) is 0 Å². The second-order valence-corrected chi connectivity index (χ2v) is 5.63. The van der Waals surface area contributed by atoms with Gasteiger partial charge in [0, 0.05) is 18.7 Å². The Labute approximate surface area is 132 Å². The molecular formula is C18H24N2O2. The molecule has 1 atom stereocenters. The number of carbonyl (C=O) groups is 1. The molecule has 1 fully saturated rings. The molecule has 22 heavy (non-hydrogen) atoms. The van der Waals surface area contributed by atoms with Crippen LogP contribution < -0.4 is 5.73 Å². The highest BCUT2D eigenvalue weighted by atomic mass is 16.5. The van der Waals surface area contributed by atoms with Crippen molar-refractivity contribution in [2.24, 2.45) is 5.73 Å². The maximum atomic E-state index is 12.5. The van der Waals surface area contributed by atoms with Gasteiger partial charge < -0.3 is 15.4 Å². The van der Waals surface area contributed by atoms with Gasteiger partial charge in [0.25, 0.3) is 0 Å². The van der Waals surface area contributed by atoms with Crippen LogP contribution in [0, 0.1) is 11.8 Å². The van der Waals surface area contributed by atoms with E-state index in [2.05, 4.69) is 11.8 Å². The second kappa shape index (κ2) is 8.57. The molecule has 4 nitrogen and oxygen atoms in total. The lowest BCUT2D eigenvalue weighted by Crippen LogP contribution is -2.49. The number of hydrogen-bond donors (Lipinski definition) is 1. The summed E-state index contributed by atoms with van der Waals surface area (Å²) < 4.78 is 5.00. The Morgan fingerprint density at radius 1 is 1.36 bits per heavy atom. The molecule has 1 aliphatic rings. The summed E-state index contributed by atoms with van der Waals surface area (Å²) in [6.07, 6.45) is 4.41. The molecular weight excluding hydrogens is 276 g/mol. The molecule has 2 N–H and O–H groups in total. The molecule has 118 valence electrons. The number of nitrogens with zero attached hydrogens (tertiary/aromatic N) is 1. The highest BCUT2D eigenvalue weighted by molar-refractivity contribution is 5.82. The third-order valence-electron chi connectivity index (χ3n) is 3.97. The van der Waals surface area contributed by atoms with Crippen LogP contribution in [0.2, 0.25) is 0 Å². The van der Waals surface area contributed by atoms with Gasteiger partial charge in [0.2, 0.25) is 5.91 Å². The molecule has 4 heteroatoms. The van der Waals surface area contributed by atoms with Crippen LogP contribution in [0.1, 0.15) is 31.2 Å². The minimum Gasteiger partial charge on any atom is -0.383 e. The molecule has 0 spiro atoms. The molecule has 0 aliphatic heterocycles. The summed E-state index contributed by atoms with van der Waals surface area (Å²) in [5.74, 6) is 6.16. The predicted molar refractivity (Wildman–Crippen MR) is 87.1 cm³/mol. The standard InChI is InChI=1S/C18H24N2O2/c1-22-14-17(19)18(21)20(16-11-5-6-12-16)13-7-10-15-8-3-2-4-9-15/h2-4,8-9,16-17H,5-6,11-14,19H2,1H3/t17-/m0/s1. The Balaban J connectivity index is 2.05. The molecule has 0 bridgehead atoms. The Morgan fingerprint density at radius 2 is 2.05 bits per heavy atom. The van der Waals surface area contributed by atoms with Gasteiger partial charge in [0.1, 0.15) is 6.04 Å². The van der Waals surface area contributed by atoms with Crippen molar-refractivity contribution in [3.63, 3.8) is 0 Å². The number of rotatable bonds is 5. The summed E-state index contributed by atoms with van der Waals surface area (Å²) >= 11 is 0. The zero-order chi connectivity index (χ0) is 15.8. The summed E-state index contributed by atoms with van der Waals surface area (Å²) in [6, 6.07) is 9.46. The van der Waals surface area contributed by atoms with Crippen LogP contribution in [0.5, 0.6) is 0 Å². The predicted octanol–water partition coefficient (Wildman–Crippen LogP) is 1.78. The molecule has 0 unspecified atom stereocenters. The summed E-state index contributed by atoms with van der Waals surface area (Å²) in [5.41, 5.74) is 6.88. The number of nitrogens with two attached hydrogens (primary N) is 1. The lowest BCUT2D eigenvalue weighted by atomic mass is 10.1. The SMILES string of the molecule is COC[C@H](N)C(=O)N(CC#Cc1ccccc1)C1CCCC1. The van der Waals surface area contributed by atoms with Gasteiger partial charge >= 0.3 is 0 Å². The molecule has 1 saturated carbocycles. The first-order valence-electron chi connectivity index (χ1n) is 7.81. The third kappa shape index (κ3) is 4.59. The maximum Gasteiger partial charge on any atom is 0.242 e. The van der Waals surface area contributed by atoms with Gasteiger partial charge in [-0.15, -0.1) is 0 Å². The van der Waals surface area contributed by atoms with Crippen LogP contribution in [-0.2, 0) is 9.53 Å². The van der Waals surface area contributed by atoms with Gasteiger partial charge in [-0.2, -0.15) is 0 Å². The fourth-order valence-electron chi connectivity index (χ4n) is 2.81. The Hall–Kier alpha value is -1.83. The fraction of sp³-hybridized carbons (Fsp3) is 0.500. The van der Waals surface area contributed by atoms with Gasteiger partial charge in [0.05, 0.1) is 13.2 Å². The van der Waals surface area contributed by atoms with Crippen molar-refractivity contribution in [3.05, 3.63) is 35.9 Å². The van der Waals surface area contributed by atoms with E-state index < -0.39 is 6.04 Å². The topological polar surface area (TPSA) is 55.6 Å². The highest BCUT2D eigenvalue weighted by Gasteiger charge is 2.29. The number of ether oxygens (including phenoxy) is 1. The maximum absolute atomic E-state index is 12.5. The Morgan fingerprint density at radius 3 is 2.68 bits per heavy atom. The largest absolute Gasteiger partial charge is 0.383 e. The van der Waals surface area contributed by atoms with Crippen molar-refractivity contribution in [2.45, 2.75) is 37.8 Å². The average molecular weight is 300 g/mol. The van der Waals surface area contributed by atoms with Crippen molar-refractivity contribution in [1.82, 2.24) is 4.90 Å². The first kappa shape index (κ1) is 16.5. The zero-order valence-corrected chi connectivity index (χ0v) is 13.1. The van der Waals surface area contributed by atoms with Crippen molar-refractivity contribution in [2.75, 3.05) is 20.3 Å². The smallest absolute Gasteiger partial charge is 0.242 e. The van der Waals surface area contributed by atoms with E-state index in [9.17, 15) is 4.79 Å². The van der Waals surface area contributed by atoms with Crippen LogP contribution in [0.15, 0.2) is 30.3 Å². The average Bonchev–Trinajstić information content (AvgIpc) is 3.06. The van der Waals surface area contributed by atoms with Crippen molar-refractivity contribution >= 4 is 5.91 Å². The molecule has 1 aromatic carbocycles. The number of amides is 1.